The van der Waals surface area contributed by atoms with Crippen molar-refractivity contribution in [1.29, 1.82) is 0 Å². The highest BCUT2D eigenvalue weighted by Crippen LogP contribution is 2.37. The van der Waals surface area contributed by atoms with Gasteiger partial charge in [-0.15, -0.1) is 0 Å². The number of carbonyl (C=O) groups is 1. The van der Waals surface area contributed by atoms with E-state index in [2.05, 4.69) is 12.1 Å². The van der Waals surface area contributed by atoms with Crippen molar-refractivity contribution >= 4 is 5.97 Å². The second-order valence-electron chi connectivity index (χ2n) is 5.24. The van der Waals surface area contributed by atoms with Crippen LogP contribution in [0.15, 0.2) is 18.2 Å². The van der Waals surface area contributed by atoms with Crippen molar-refractivity contribution in [3.05, 3.63) is 29.3 Å². The van der Waals surface area contributed by atoms with Gasteiger partial charge in [0.25, 0.3) is 0 Å². The van der Waals surface area contributed by atoms with Gasteiger partial charge < -0.3 is 15.2 Å². The SMILES string of the molecule is CCOC(=O)CCCC1c2ccc(OC)cc2CC1N. The maximum atomic E-state index is 11.4. The number of rotatable bonds is 6. The molecule has 0 aliphatic heterocycles. The van der Waals surface area contributed by atoms with E-state index in [0.717, 1.165) is 25.0 Å². The molecule has 1 aromatic carbocycles. The Kier molecular flexibility index (Phi) is 5.01. The number of carbonyl (C=O) groups excluding carboxylic acids is 1. The van der Waals surface area contributed by atoms with E-state index in [1.807, 2.05) is 13.0 Å². The number of benzene rings is 1. The highest BCUT2D eigenvalue weighted by atomic mass is 16.5. The molecule has 2 atom stereocenters. The summed E-state index contributed by atoms with van der Waals surface area (Å²) >= 11 is 0. The Bertz CT molecular complexity index is 473. The lowest BCUT2D eigenvalue weighted by atomic mass is 9.93. The van der Waals surface area contributed by atoms with Crippen LogP contribution in [0.2, 0.25) is 0 Å². The molecule has 1 aliphatic carbocycles. The van der Waals surface area contributed by atoms with Gasteiger partial charge in [0.1, 0.15) is 5.75 Å². The van der Waals surface area contributed by atoms with Gasteiger partial charge >= 0.3 is 5.97 Å². The minimum Gasteiger partial charge on any atom is -0.497 e. The maximum Gasteiger partial charge on any atom is 0.305 e. The molecule has 1 aliphatic rings. The predicted octanol–water partition coefficient (Wildman–Crippen LogP) is 2.40. The quantitative estimate of drug-likeness (QED) is 0.811. The van der Waals surface area contributed by atoms with E-state index >= 15 is 0 Å². The van der Waals surface area contributed by atoms with Crippen molar-refractivity contribution in [3.63, 3.8) is 0 Å². The average Bonchev–Trinajstić information content (AvgIpc) is 2.74. The molecule has 20 heavy (non-hydrogen) atoms. The molecule has 1 aromatic rings. The summed E-state index contributed by atoms with van der Waals surface area (Å²) in [6.07, 6.45) is 3.11. The van der Waals surface area contributed by atoms with Crippen LogP contribution in [0, 0.1) is 0 Å². The Hall–Kier alpha value is -1.55. The fourth-order valence-corrected chi connectivity index (χ4v) is 2.94. The Morgan fingerprint density at radius 3 is 2.95 bits per heavy atom. The number of nitrogens with two attached hydrogens (primary N) is 1. The third kappa shape index (κ3) is 3.31. The first kappa shape index (κ1) is 14.9. The highest BCUT2D eigenvalue weighted by Gasteiger charge is 2.29. The van der Waals surface area contributed by atoms with Gasteiger partial charge in [-0.1, -0.05) is 6.07 Å². The lowest BCUT2D eigenvalue weighted by Crippen LogP contribution is -2.25. The second kappa shape index (κ2) is 6.75. The van der Waals surface area contributed by atoms with E-state index in [1.54, 1.807) is 7.11 Å². The largest absolute Gasteiger partial charge is 0.497 e. The van der Waals surface area contributed by atoms with Crippen molar-refractivity contribution in [1.82, 2.24) is 0 Å². The lowest BCUT2D eigenvalue weighted by Gasteiger charge is -2.16. The van der Waals surface area contributed by atoms with Crippen molar-refractivity contribution in [2.45, 2.75) is 44.6 Å². The molecule has 0 fully saturated rings. The first-order valence-corrected chi connectivity index (χ1v) is 7.23. The molecule has 2 rings (SSSR count). The highest BCUT2D eigenvalue weighted by molar-refractivity contribution is 5.69. The molecule has 0 aromatic heterocycles. The Morgan fingerprint density at radius 1 is 1.45 bits per heavy atom. The molecule has 110 valence electrons. The van der Waals surface area contributed by atoms with Crippen LogP contribution >= 0.6 is 0 Å². The van der Waals surface area contributed by atoms with E-state index in [-0.39, 0.29) is 12.0 Å². The van der Waals surface area contributed by atoms with Crippen LogP contribution < -0.4 is 10.5 Å². The zero-order valence-corrected chi connectivity index (χ0v) is 12.2. The fourth-order valence-electron chi connectivity index (χ4n) is 2.94. The van der Waals surface area contributed by atoms with E-state index in [9.17, 15) is 4.79 Å². The summed E-state index contributed by atoms with van der Waals surface area (Å²) in [5, 5.41) is 0. The molecule has 2 N–H and O–H groups in total. The van der Waals surface area contributed by atoms with Gasteiger partial charge in [-0.05, 0) is 55.4 Å². The molecule has 0 saturated heterocycles. The third-order valence-corrected chi connectivity index (χ3v) is 3.92. The number of esters is 1. The minimum atomic E-state index is -0.117. The van der Waals surface area contributed by atoms with E-state index in [4.69, 9.17) is 15.2 Å². The van der Waals surface area contributed by atoms with Crippen LogP contribution in [0.1, 0.15) is 43.2 Å². The zero-order valence-electron chi connectivity index (χ0n) is 12.2. The van der Waals surface area contributed by atoms with Crippen molar-refractivity contribution in [3.8, 4) is 5.75 Å². The van der Waals surface area contributed by atoms with Gasteiger partial charge in [0, 0.05) is 12.5 Å². The van der Waals surface area contributed by atoms with Crippen LogP contribution in [-0.4, -0.2) is 25.7 Å². The number of fused-ring (bicyclic) bond motifs is 1. The molecular formula is C16H23NO3. The predicted molar refractivity (Wildman–Crippen MR) is 77.9 cm³/mol. The molecule has 0 radical (unpaired) electrons. The molecule has 0 saturated carbocycles. The van der Waals surface area contributed by atoms with Gasteiger partial charge in [0.05, 0.1) is 13.7 Å². The summed E-state index contributed by atoms with van der Waals surface area (Å²) in [6.45, 7) is 2.28. The first-order chi connectivity index (χ1) is 9.65. The summed E-state index contributed by atoms with van der Waals surface area (Å²) in [6, 6.07) is 6.30. The summed E-state index contributed by atoms with van der Waals surface area (Å²) in [5.41, 5.74) is 8.82. The lowest BCUT2D eigenvalue weighted by molar-refractivity contribution is -0.143. The van der Waals surface area contributed by atoms with Gasteiger partial charge in [0.15, 0.2) is 0 Å². The maximum absolute atomic E-state index is 11.4. The standard InChI is InChI=1S/C16H23NO3/c1-3-20-16(18)6-4-5-14-13-8-7-12(19-2)9-11(13)10-15(14)17/h7-9,14-15H,3-6,10,17H2,1-2H3. The molecule has 0 heterocycles. The van der Waals surface area contributed by atoms with Crippen molar-refractivity contribution < 1.29 is 14.3 Å². The Morgan fingerprint density at radius 2 is 2.25 bits per heavy atom. The van der Waals surface area contributed by atoms with Crippen LogP contribution in [0.25, 0.3) is 0 Å². The minimum absolute atomic E-state index is 0.117. The second-order valence-corrected chi connectivity index (χ2v) is 5.24. The third-order valence-electron chi connectivity index (χ3n) is 3.92. The number of hydrogen-bond donors (Lipinski definition) is 1. The molecule has 0 amide bonds. The number of methoxy groups -OCH3 is 1. The van der Waals surface area contributed by atoms with E-state index in [0.29, 0.717) is 18.9 Å². The smallest absolute Gasteiger partial charge is 0.305 e. The molecule has 4 heteroatoms. The van der Waals surface area contributed by atoms with Gasteiger partial charge in [-0.2, -0.15) is 0 Å². The van der Waals surface area contributed by atoms with Crippen LogP contribution in [0.4, 0.5) is 0 Å². The van der Waals surface area contributed by atoms with Crippen LogP contribution in [-0.2, 0) is 16.0 Å². The normalized spacial score (nSPS) is 20.6. The number of hydrogen-bond acceptors (Lipinski definition) is 4. The molecule has 2 unspecified atom stereocenters. The van der Waals surface area contributed by atoms with Gasteiger partial charge in [-0.25, -0.2) is 0 Å². The Labute approximate surface area is 120 Å². The zero-order chi connectivity index (χ0) is 14.5. The topological polar surface area (TPSA) is 61.5 Å². The van der Waals surface area contributed by atoms with E-state index < -0.39 is 0 Å². The first-order valence-electron chi connectivity index (χ1n) is 7.23. The van der Waals surface area contributed by atoms with Crippen molar-refractivity contribution in [2.75, 3.05) is 13.7 Å². The summed E-state index contributed by atoms with van der Waals surface area (Å²) < 4.78 is 10.2. The average molecular weight is 277 g/mol. The van der Waals surface area contributed by atoms with E-state index in [1.165, 1.54) is 11.1 Å². The van der Waals surface area contributed by atoms with Crippen LogP contribution in [0.3, 0.4) is 0 Å². The van der Waals surface area contributed by atoms with Gasteiger partial charge in [0.2, 0.25) is 0 Å². The Balaban J connectivity index is 1.95. The summed E-state index contributed by atoms with van der Waals surface area (Å²) in [5.74, 6) is 1.10. The van der Waals surface area contributed by atoms with Gasteiger partial charge in [-0.3, -0.25) is 4.79 Å². The molecule has 4 nitrogen and oxygen atoms in total. The summed E-state index contributed by atoms with van der Waals surface area (Å²) in [4.78, 5) is 11.4. The number of ether oxygens (including phenoxy) is 2. The molecular weight excluding hydrogens is 254 g/mol. The fraction of sp³-hybridized carbons (Fsp3) is 0.562. The van der Waals surface area contributed by atoms with Crippen molar-refractivity contribution in [2.24, 2.45) is 5.73 Å². The monoisotopic (exact) mass is 277 g/mol. The molecule has 0 bridgehead atoms. The van der Waals surface area contributed by atoms with Crippen LogP contribution in [0.5, 0.6) is 5.75 Å². The summed E-state index contributed by atoms with van der Waals surface area (Å²) in [7, 11) is 1.67. The molecule has 0 spiro atoms.